The van der Waals surface area contributed by atoms with Gasteiger partial charge in [-0.15, -0.1) is 0 Å². The molecule has 0 saturated heterocycles. The van der Waals surface area contributed by atoms with E-state index in [2.05, 4.69) is 10.9 Å². The van der Waals surface area contributed by atoms with Crippen LogP contribution in [0.2, 0.25) is 5.02 Å². The minimum atomic E-state index is -0.543. The number of hydrazine groups is 1. The number of methoxy groups -OCH3 is 1. The molecule has 0 aliphatic rings. The molecular formula is C13H19ClN2O3. The van der Waals surface area contributed by atoms with Gasteiger partial charge in [-0.3, -0.25) is 5.43 Å². The van der Waals surface area contributed by atoms with E-state index in [1.807, 2.05) is 0 Å². The Balaban J connectivity index is 2.52. The second kappa shape index (κ2) is 6.63. The first-order chi connectivity index (χ1) is 8.83. The first-order valence-electron chi connectivity index (χ1n) is 5.86. The molecule has 0 fully saturated rings. The number of amides is 1. The zero-order valence-corrected chi connectivity index (χ0v) is 12.3. The third-order valence-electron chi connectivity index (χ3n) is 2.15. The number of hydrogen-bond acceptors (Lipinski definition) is 4. The van der Waals surface area contributed by atoms with Crippen LogP contribution in [0, 0.1) is 0 Å². The molecule has 0 spiro atoms. The fraction of sp³-hybridized carbons (Fsp3) is 0.462. The monoisotopic (exact) mass is 286 g/mol. The maximum atomic E-state index is 11.4. The number of carbonyl (C=O) groups excluding carboxylic acids is 1. The molecule has 1 aromatic carbocycles. The summed E-state index contributed by atoms with van der Waals surface area (Å²) in [5.74, 6) is 0.658. The fourth-order valence-electron chi connectivity index (χ4n) is 1.41. The molecule has 1 amide bonds. The van der Waals surface area contributed by atoms with Crippen LogP contribution in [0.3, 0.4) is 0 Å². The molecule has 0 saturated carbocycles. The molecule has 0 aliphatic heterocycles. The molecule has 0 atom stereocenters. The number of rotatable bonds is 4. The van der Waals surface area contributed by atoms with Gasteiger partial charge in [0, 0.05) is 17.1 Å². The summed E-state index contributed by atoms with van der Waals surface area (Å²) >= 11 is 6.07. The molecule has 1 rings (SSSR count). The van der Waals surface area contributed by atoms with Gasteiger partial charge in [0.2, 0.25) is 0 Å². The molecule has 0 aliphatic carbocycles. The maximum absolute atomic E-state index is 11.4. The Labute approximate surface area is 118 Å². The molecule has 106 valence electrons. The number of ether oxygens (including phenoxy) is 2. The van der Waals surface area contributed by atoms with Gasteiger partial charge in [-0.1, -0.05) is 17.7 Å². The molecule has 19 heavy (non-hydrogen) atoms. The zero-order valence-electron chi connectivity index (χ0n) is 11.5. The van der Waals surface area contributed by atoms with Crippen LogP contribution in [0.1, 0.15) is 26.3 Å². The van der Waals surface area contributed by atoms with Crippen molar-refractivity contribution in [1.29, 1.82) is 0 Å². The summed E-state index contributed by atoms with van der Waals surface area (Å²) < 4.78 is 10.3. The Hall–Kier alpha value is -1.46. The van der Waals surface area contributed by atoms with Crippen molar-refractivity contribution >= 4 is 17.7 Å². The Morgan fingerprint density at radius 1 is 1.37 bits per heavy atom. The quantitative estimate of drug-likeness (QED) is 0.836. The third kappa shape index (κ3) is 5.36. The largest absolute Gasteiger partial charge is 0.496 e. The van der Waals surface area contributed by atoms with Crippen molar-refractivity contribution in [3.05, 3.63) is 28.8 Å². The number of benzene rings is 1. The van der Waals surface area contributed by atoms with Gasteiger partial charge in [0.15, 0.2) is 0 Å². The molecule has 6 heteroatoms. The van der Waals surface area contributed by atoms with E-state index in [4.69, 9.17) is 21.1 Å². The number of halogens is 1. The zero-order chi connectivity index (χ0) is 14.5. The lowest BCUT2D eigenvalue weighted by Crippen LogP contribution is -2.40. The highest BCUT2D eigenvalue weighted by Crippen LogP contribution is 2.25. The van der Waals surface area contributed by atoms with Gasteiger partial charge in [-0.25, -0.2) is 10.2 Å². The Morgan fingerprint density at radius 2 is 2.05 bits per heavy atom. The summed E-state index contributed by atoms with van der Waals surface area (Å²) in [6, 6.07) is 5.36. The van der Waals surface area contributed by atoms with E-state index >= 15 is 0 Å². The van der Waals surface area contributed by atoms with Crippen molar-refractivity contribution in [1.82, 2.24) is 10.9 Å². The van der Waals surface area contributed by atoms with Crippen LogP contribution in [0.15, 0.2) is 18.2 Å². The smallest absolute Gasteiger partial charge is 0.422 e. The topological polar surface area (TPSA) is 59.6 Å². The first kappa shape index (κ1) is 15.6. The average Bonchev–Trinajstić information content (AvgIpc) is 2.28. The lowest BCUT2D eigenvalue weighted by Gasteiger charge is -2.20. The molecule has 5 nitrogen and oxygen atoms in total. The van der Waals surface area contributed by atoms with Crippen molar-refractivity contribution in [3.63, 3.8) is 0 Å². The van der Waals surface area contributed by atoms with Crippen molar-refractivity contribution < 1.29 is 14.3 Å². The van der Waals surface area contributed by atoms with E-state index in [1.54, 1.807) is 46.1 Å². The summed E-state index contributed by atoms with van der Waals surface area (Å²) in [5.41, 5.74) is 5.42. The second-order valence-electron chi connectivity index (χ2n) is 4.90. The molecular weight excluding hydrogens is 268 g/mol. The first-order valence-corrected chi connectivity index (χ1v) is 6.24. The van der Waals surface area contributed by atoms with Crippen LogP contribution in [0.5, 0.6) is 5.75 Å². The minimum Gasteiger partial charge on any atom is -0.496 e. The highest BCUT2D eigenvalue weighted by atomic mass is 35.5. The summed E-state index contributed by atoms with van der Waals surface area (Å²) in [6.45, 7) is 5.72. The molecule has 0 bridgehead atoms. The van der Waals surface area contributed by atoms with Crippen LogP contribution in [0.25, 0.3) is 0 Å². The van der Waals surface area contributed by atoms with Crippen molar-refractivity contribution in [2.24, 2.45) is 0 Å². The molecule has 0 radical (unpaired) electrons. The summed E-state index contributed by atoms with van der Waals surface area (Å²) in [5, 5.41) is 0.567. The van der Waals surface area contributed by atoms with Gasteiger partial charge >= 0.3 is 6.09 Å². The molecule has 0 heterocycles. The van der Waals surface area contributed by atoms with Crippen molar-refractivity contribution in [2.45, 2.75) is 32.9 Å². The van der Waals surface area contributed by atoms with Gasteiger partial charge < -0.3 is 9.47 Å². The lowest BCUT2D eigenvalue weighted by molar-refractivity contribution is 0.0497. The molecule has 0 unspecified atom stereocenters. The Bertz CT molecular complexity index is 444. The van der Waals surface area contributed by atoms with Gasteiger partial charge in [-0.2, -0.15) is 0 Å². The summed E-state index contributed by atoms with van der Waals surface area (Å²) in [7, 11) is 1.57. The summed E-state index contributed by atoms with van der Waals surface area (Å²) in [4.78, 5) is 11.4. The Morgan fingerprint density at radius 3 is 2.63 bits per heavy atom. The fourth-order valence-corrected chi connectivity index (χ4v) is 1.64. The van der Waals surface area contributed by atoms with Crippen molar-refractivity contribution in [2.75, 3.05) is 7.11 Å². The minimum absolute atomic E-state index is 0.335. The predicted octanol–water partition coefficient (Wildman–Crippen LogP) is 2.88. The van der Waals surface area contributed by atoms with Crippen molar-refractivity contribution in [3.8, 4) is 5.75 Å². The molecule has 1 aromatic rings. The summed E-state index contributed by atoms with van der Waals surface area (Å²) in [6.07, 6.45) is -0.543. The maximum Gasteiger partial charge on any atom is 0.422 e. The van der Waals surface area contributed by atoms with Crippen LogP contribution < -0.4 is 15.6 Å². The van der Waals surface area contributed by atoms with Crippen LogP contribution in [0.4, 0.5) is 4.79 Å². The second-order valence-corrected chi connectivity index (χ2v) is 5.31. The van der Waals surface area contributed by atoms with Gasteiger partial charge in [-0.05, 0) is 32.9 Å². The van der Waals surface area contributed by atoms with Crippen LogP contribution >= 0.6 is 11.6 Å². The number of nitrogens with one attached hydrogen (secondary N) is 2. The number of carbonyl (C=O) groups is 1. The van der Waals surface area contributed by atoms with Crippen LogP contribution in [-0.4, -0.2) is 18.8 Å². The molecule has 0 aromatic heterocycles. The highest BCUT2D eigenvalue weighted by molar-refractivity contribution is 6.31. The van der Waals surface area contributed by atoms with Gasteiger partial charge in [0.1, 0.15) is 11.4 Å². The van der Waals surface area contributed by atoms with E-state index in [-0.39, 0.29) is 0 Å². The highest BCUT2D eigenvalue weighted by Gasteiger charge is 2.16. The van der Waals surface area contributed by atoms with E-state index in [0.29, 0.717) is 17.3 Å². The predicted molar refractivity (Wildman–Crippen MR) is 74.2 cm³/mol. The third-order valence-corrected chi connectivity index (χ3v) is 2.50. The van der Waals surface area contributed by atoms with Gasteiger partial charge in [0.25, 0.3) is 0 Å². The number of hydrogen-bond donors (Lipinski definition) is 2. The molecule has 2 N–H and O–H groups in total. The van der Waals surface area contributed by atoms with Crippen LogP contribution in [-0.2, 0) is 11.3 Å². The standard InChI is InChI=1S/C13H19ClN2O3/c1-13(2,3)19-12(17)16-15-8-9-10(14)6-5-7-11(9)18-4/h5-7,15H,8H2,1-4H3,(H,16,17). The van der Waals surface area contributed by atoms with E-state index in [9.17, 15) is 4.79 Å². The van der Waals surface area contributed by atoms with E-state index < -0.39 is 11.7 Å². The Kier molecular flexibility index (Phi) is 5.44. The van der Waals surface area contributed by atoms with Gasteiger partial charge in [0.05, 0.1) is 7.11 Å². The normalized spacial score (nSPS) is 11.0. The van der Waals surface area contributed by atoms with E-state index in [0.717, 1.165) is 5.56 Å². The SMILES string of the molecule is COc1cccc(Cl)c1CNNC(=O)OC(C)(C)C. The van der Waals surface area contributed by atoms with E-state index in [1.165, 1.54) is 0 Å². The lowest BCUT2D eigenvalue weighted by atomic mass is 10.2. The average molecular weight is 287 g/mol.